The summed E-state index contributed by atoms with van der Waals surface area (Å²) in [5, 5.41) is 0. The number of anilines is 1. The number of nitrogen functional groups attached to an aromatic ring is 1. The number of hydrogen-bond donors (Lipinski definition) is 1. The van der Waals surface area contributed by atoms with Crippen LogP contribution >= 0.6 is 0 Å². The van der Waals surface area contributed by atoms with Crippen molar-refractivity contribution in [3.63, 3.8) is 0 Å². The molecule has 2 N–H and O–H groups in total. The van der Waals surface area contributed by atoms with E-state index >= 15 is 0 Å². The van der Waals surface area contributed by atoms with E-state index in [1.54, 1.807) is 0 Å². The normalized spacial score (nSPS) is 10.7. The largest absolute Gasteiger partial charge is 0.399 e. The Morgan fingerprint density at radius 2 is 0.677 bits per heavy atom. The molecule has 5 aromatic carbocycles. The fraction of sp³-hybridized carbons (Fsp3) is 0. The summed E-state index contributed by atoms with van der Waals surface area (Å²) in [4.78, 5) is 0. The van der Waals surface area contributed by atoms with Gasteiger partial charge in [-0.15, -0.1) is 0 Å². The summed E-state index contributed by atoms with van der Waals surface area (Å²) in [5.41, 5.74) is 16.5. The Balaban J connectivity index is 1.85. The van der Waals surface area contributed by atoms with Crippen molar-refractivity contribution in [1.82, 2.24) is 0 Å². The lowest BCUT2D eigenvalue weighted by atomic mass is 9.85. The molecule has 0 atom stereocenters. The minimum absolute atomic E-state index is 0.768. The zero-order chi connectivity index (χ0) is 21.0. The highest BCUT2D eigenvalue weighted by atomic mass is 14.5. The fourth-order valence-corrected chi connectivity index (χ4v) is 4.11. The van der Waals surface area contributed by atoms with Gasteiger partial charge in [0.15, 0.2) is 0 Å². The van der Waals surface area contributed by atoms with Gasteiger partial charge in [0.25, 0.3) is 0 Å². The van der Waals surface area contributed by atoms with Crippen LogP contribution in [0.2, 0.25) is 0 Å². The first kappa shape index (κ1) is 18.9. The molecule has 0 radical (unpaired) electrons. The van der Waals surface area contributed by atoms with Gasteiger partial charge in [-0.3, -0.25) is 0 Å². The molecule has 148 valence electrons. The zero-order valence-corrected chi connectivity index (χ0v) is 17.2. The van der Waals surface area contributed by atoms with Crippen molar-refractivity contribution in [3.8, 4) is 44.5 Å². The van der Waals surface area contributed by atoms with Crippen molar-refractivity contribution in [2.45, 2.75) is 0 Å². The molecule has 31 heavy (non-hydrogen) atoms. The maximum absolute atomic E-state index is 6.15. The van der Waals surface area contributed by atoms with E-state index in [9.17, 15) is 0 Å². The highest BCUT2D eigenvalue weighted by Gasteiger charge is 2.15. The molecular weight excluding hydrogens is 374 g/mol. The molecule has 0 aliphatic heterocycles. The highest BCUT2D eigenvalue weighted by Crippen LogP contribution is 2.42. The fourth-order valence-electron chi connectivity index (χ4n) is 4.11. The van der Waals surface area contributed by atoms with Crippen LogP contribution in [0.3, 0.4) is 0 Å². The van der Waals surface area contributed by atoms with Crippen molar-refractivity contribution < 1.29 is 0 Å². The third kappa shape index (κ3) is 3.86. The van der Waals surface area contributed by atoms with E-state index in [2.05, 4.69) is 115 Å². The molecule has 0 fully saturated rings. The third-order valence-electron chi connectivity index (χ3n) is 5.61. The van der Waals surface area contributed by atoms with Gasteiger partial charge >= 0.3 is 0 Å². The molecule has 0 saturated heterocycles. The number of benzene rings is 5. The number of rotatable bonds is 4. The molecule has 0 unspecified atom stereocenters. The first-order valence-corrected chi connectivity index (χ1v) is 10.5. The third-order valence-corrected chi connectivity index (χ3v) is 5.61. The van der Waals surface area contributed by atoms with Crippen LogP contribution in [0.15, 0.2) is 127 Å². The maximum Gasteiger partial charge on any atom is 0.0320 e. The second-order valence-corrected chi connectivity index (χ2v) is 7.67. The summed E-state index contributed by atoms with van der Waals surface area (Å²) >= 11 is 0. The predicted molar refractivity (Wildman–Crippen MR) is 133 cm³/mol. The van der Waals surface area contributed by atoms with E-state index in [0.717, 1.165) is 11.3 Å². The van der Waals surface area contributed by atoms with Gasteiger partial charge < -0.3 is 5.73 Å². The zero-order valence-electron chi connectivity index (χ0n) is 17.2. The van der Waals surface area contributed by atoms with Gasteiger partial charge in [-0.05, 0) is 68.8 Å². The average molecular weight is 398 g/mol. The minimum atomic E-state index is 0.768. The van der Waals surface area contributed by atoms with E-state index in [-0.39, 0.29) is 0 Å². The second-order valence-electron chi connectivity index (χ2n) is 7.67. The Morgan fingerprint density at radius 1 is 0.323 bits per heavy atom. The van der Waals surface area contributed by atoms with Crippen molar-refractivity contribution in [2.75, 3.05) is 5.73 Å². The minimum Gasteiger partial charge on any atom is -0.399 e. The molecule has 5 aromatic rings. The SMILES string of the molecule is Nc1cccc(-c2cc(-c3ccccc3)c(-c3ccccc3)cc2-c2ccccc2)c1. The first-order valence-electron chi connectivity index (χ1n) is 10.5. The van der Waals surface area contributed by atoms with Crippen LogP contribution in [0.25, 0.3) is 44.5 Å². The van der Waals surface area contributed by atoms with Crippen LogP contribution in [0.5, 0.6) is 0 Å². The summed E-state index contributed by atoms with van der Waals surface area (Å²) in [6.45, 7) is 0. The van der Waals surface area contributed by atoms with Crippen molar-refractivity contribution >= 4 is 5.69 Å². The van der Waals surface area contributed by atoms with Crippen LogP contribution in [-0.4, -0.2) is 0 Å². The molecule has 5 rings (SSSR count). The van der Waals surface area contributed by atoms with Crippen LogP contribution in [0.4, 0.5) is 5.69 Å². The molecule has 0 heterocycles. The van der Waals surface area contributed by atoms with Gasteiger partial charge in [-0.2, -0.15) is 0 Å². The number of hydrogen-bond acceptors (Lipinski definition) is 1. The predicted octanol–water partition coefficient (Wildman–Crippen LogP) is 7.94. The van der Waals surface area contributed by atoms with E-state index in [1.165, 1.54) is 38.9 Å². The Hall–Kier alpha value is -4.10. The van der Waals surface area contributed by atoms with E-state index in [4.69, 9.17) is 5.73 Å². The summed E-state index contributed by atoms with van der Waals surface area (Å²) in [6.07, 6.45) is 0. The first-order chi connectivity index (χ1) is 15.3. The van der Waals surface area contributed by atoms with Crippen LogP contribution < -0.4 is 5.73 Å². The van der Waals surface area contributed by atoms with Gasteiger partial charge in [0.05, 0.1) is 0 Å². The van der Waals surface area contributed by atoms with Crippen LogP contribution in [0.1, 0.15) is 0 Å². The van der Waals surface area contributed by atoms with Crippen molar-refractivity contribution in [2.24, 2.45) is 0 Å². The van der Waals surface area contributed by atoms with Gasteiger partial charge in [0.1, 0.15) is 0 Å². The van der Waals surface area contributed by atoms with Crippen LogP contribution in [-0.2, 0) is 0 Å². The van der Waals surface area contributed by atoms with Crippen LogP contribution in [0, 0.1) is 0 Å². The average Bonchev–Trinajstić information content (AvgIpc) is 2.85. The summed E-state index contributed by atoms with van der Waals surface area (Å²) in [5.74, 6) is 0. The molecule has 0 aliphatic rings. The van der Waals surface area contributed by atoms with Gasteiger partial charge in [0.2, 0.25) is 0 Å². The second kappa shape index (κ2) is 8.33. The van der Waals surface area contributed by atoms with E-state index < -0.39 is 0 Å². The molecule has 0 aromatic heterocycles. The molecule has 0 spiro atoms. The standard InChI is InChI=1S/C30H23N/c31-26-18-10-17-25(19-26)30-21-28(23-13-6-2-7-14-23)27(22-11-4-1-5-12-22)20-29(30)24-15-8-3-9-16-24/h1-21H,31H2. The lowest BCUT2D eigenvalue weighted by molar-refractivity contribution is 1.54. The monoisotopic (exact) mass is 397 g/mol. The summed E-state index contributed by atoms with van der Waals surface area (Å²) in [6, 6.07) is 44.5. The molecule has 1 nitrogen and oxygen atoms in total. The van der Waals surface area contributed by atoms with Gasteiger partial charge in [0, 0.05) is 5.69 Å². The Morgan fingerprint density at radius 3 is 1.06 bits per heavy atom. The quantitative estimate of drug-likeness (QED) is 0.306. The molecule has 0 aliphatic carbocycles. The molecular formula is C30H23N. The lowest BCUT2D eigenvalue weighted by Gasteiger charge is -2.18. The van der Waals surface area contributed by atoms with E-state index in [1.807, 2.05) is 12.1 Å². The maximum atomic E-state index is 6.15. The topological polar surface area (TPSA) is 26.0 Å². The molecule has 0 saturated carbocycles. The summed E-state index contributed by atoms with van der Waals surface area (Å²) in [7, 11) is 0. The lowest BCUT2D eigenvalue weighted by Crippen LogP contribution is -1.93. The van der Waals surface area contributed by atoms with Gasteiger partial charge in [-0.25, -0.2) is 0 Å². The van der Waals surface area contributed by atoms with Gasteiger partial charge in [-0.1, -0.05) is 103 Å². The van der Waals surface area contributed by atoms with E-state index in [0.29, 0.717) is 0 Å². The Kier molecular flexibility index (Phi) is 5.08. The molecule has 0 bridgehead atoms. The van der Waals surface area contributed by atoms with Crippen molar-refractivity contribution in [3.05, 3.63) is 127 Å². The van der Waals surface area contributed by atoms with Crippen molar-refractivity contribution in [1.29, 1.82) is 0 Å². The molecule has 0 amide bonds. The highest BCUT2D eigenvalue weighted by molar-refractivity contribution is 5.95. The molecule has 1 heteroatoms. The summed E-state index contributed by atoms with van der Waals surface area (Å²) < 4.78 is 0. The smallest absolute Gasteiger partial charge is 0.0320 e. The number of nitrogens with two attached hydrogens (primary N) is 1. The Bertz CT molecular complexity index is 1310. The Labute approximate surface area is 183 Å².